The molecular weight excluding hydrogens is 432 g/mol. The Labute approximate surface area is 177 Å². The van der Waals surface area contributed by atoms with Gasteiger partial charge in [-0.15, -0.1) is 0 Å². The first-order valence-corrected chi connectivity index (χ1v) is 9.53. The van der Waals surface area contributed by atoms with E-state index in [2.05, 4.69) is 10.6 Å². The van der Waals surface area contributed by atoms with Gasteiger partial charge in [0.1, 0.15) is 6.54 Å². The van der Waals surface area contributed by atoms with Crippen LogP contribution in [0.25, 0.3) is 0 Å². The number of anilines is 1. The lowest BCUT2D eigenvalue weighted by Gasteiger charge is -2.21. The molecule has 2 aromatic rings. The highest BCUT2D eigenvalue weighted by atomic mass is 35.5. The van der Waals surface area contributed by atoms with Crippen LogP contribution in [0.15, 0.2) is 36.4 Å². The number of hydrogen-bond acceptors (Lipinski definition) is 2. The molecule has 0 heterocycles. The third-order valence-electron chi connectivity index (χ3n) is 3.68. The fourth-order valence-corrected chi connectivity index (χ4v) is 3.21. The standard InChI is InChI=1S/C18H17Cl4N3O2/c1-2-25(10-16(26)24-17-13(20)4-3-5-14(17)21)18(27)23-9-11-6-7-12(19)8-15(11)22/h3-8H,2,9-10H2,1H3,(H,23,27)(H,24,26). The monoisotopic (exact) mass is 447 g/mol. The summed E-state index contributed by atoms with van der Waals surface area (Å²) in [4.78, 5) is 26.0. The largest absolute Gasteiger partial charge is 0.334 e. The number of carbonyl (C=O) groups excluding carboxylic acids is 2. The van der Waals surface area contributed by atoms with Crippen molar-refractivity contribution in [3.05, 3.63) is 62.1 Å². The van der Waals surface area contributed by atoms with Crippen LogP contribution in [-0.4, -0.2) is 29.9 Å². The van der Waals surface area contributed by atoms with Crippen LogP contribution in [0.2, 0.25) is 20.1 Å². The van der Waals surface area contributed by atoms with Gasteiger partial charge in [0.25, 0.3) is 0 Å². The first-order valence-electron chi connectivity index (χ1n) is 8.02. The van der Waals surface area contributed by atoms with E-state index in [1.807, 2.05) is 0 Å². The number of urea groups is 1. The van der Waals surface area contributed by atoms with Gasteiger partial charge in [-0.05, 0) is 36.8 Å². The highest BCUT2D eigenvalue weighted by Gasteiger charge is 2.17. The van der Waals surface area contributed by atoms with Crippen molar-refractivity contribution in [2.75, 3.05) is 18.4 Å². The Morgan fingerprint density at radius 2 is 1.67 bits per heavy atom. The second-order valence-corrected chi connectivity index (χ2v) is 7.21. The molecule has 0 saturated carbocycles. The Morgan fingerprint density at radius 3 is 2.26 bits per heavy atom. The van der Waals surface area contributed by atoms with E-state index in [4.69, 9.17) is 46.4 Å². The normalized spacial score (nSPS) is 10.4. The fraction of sp³-hybridized carbons (Fsp3) is 0.222. The van der Waals surface area contributed by atoms with Crippen molar-refractivity contribution < 1.29 is 9.59 Å². The summed E-state index contributed by atoms with van der Waals surface area (Å²) in [6.07, 6.45) is 0. The van der Waals surface area contributed by atoms with Crippen LogP contribution in [0.4, 0.5) is 10.5 Å². The molecule has 2 N–H and O–H groups in total. The Kier molecular flexibility index (Phi) is 8.05. The van der Waals surface area contributed by atoms with Gasteiger partial charge in [0.15, 0.2) is 0 Å². The minimum absolute atomic E-state index is 0.155. The van der Waals surface area contributed by atoms with Crippen LogP contribution in [0, 0.1) is 0 Å². The number of halogens is 4. The summed E-state index contributed by atoms with van der Waals surface area (Å²) in [6, 6.07) is 9.52. The summed E-state index contributed by atoms with van der Waals surface area (Å²) in [5, 5.41) is 6.97. The maximum Gasteiger partial charge on any atom is 0.318 e. The molecule has 5 nitrogen and oxygen atoms in total. The average Bonchev–Trinajstić information content (AvgIpc) is 2.62. The maximum absolute atomic E-state index is 12.4. The Bertz CT molecular complexity index is 825. The predicted molar refractivity (Wildman–Crippen MR) is 111 cm³/mol. The zero-order chi connectivity index (χ0) is 20.0. The van der Waals surface area contributed by atoms with E-state index in [9.17, 15) is 9.59 Å². The van der Waals surface area contributed by atoms with Gasteiger partial charge in [-0.25, -0.2) is 4.79 Å². The molecule has 0 atom stereocenters. The minimum Gasteiger partial charge on any atom is -0.334 e. The van der Waals surface area contributed by atoms with E-state index in [-0.39, 0.29) is 13.1 Å². The van der Waals surface area contributed by atoms with Crippen molar-refractivity contribution in [3.63, 3.8) is 0 Å². The van der Waals surface area contributed by atoms with Crippen molar-refractivity contribution in [2.24, 2.45) is 0 Å². The molecule has 144 valence electrons. The van der Waals surface area contributed by atoms with Gasteiger partial charge < -0.3 is 15.5 Å². The number of nitrogens with one attached hydrogen (secondary N) is 2. The zero-order valence-corrected chi connectivity index (χ0v) is 17.4. The smallest absolute Gasteiger partial charge is 0.318 e. The third-order valence-corrected chi connectivity index (χ3v) is 4.89. The molecule has 2 rings (SSSR count). The lowest BCUT2D eigenvalue weighted by molar-refractivity contribution is -0.116. The SMILES string of the molecule is CCN(CC(=O)Nc1c(Cl)cccc1Cl)C(=O)NCc1ccc(Cl)cc1Cl. The molecule has 3 amide bonds. The molecule has 0 aliphatic heterocycles. The fourth-order valence-electron chi connectivity index (χ4n) is 2.24. The summed E-state index contributed by atoms with van der Waals surface area (Å²) in [7, 11) is 0. The van der Waals surface area contributed by atoms with Gasteiger partial charge >= 0.3 is 6.03 Å². The van der Waals surface area contributed by atoms with Crippen molar-refractivity contribution in [3.8, 4) is 0 Å². The van der Waals surface area contributed by atoms with Crippen LogP contribution in [0.3, 0.4) is 0 Å². The second kappa shape index (κ2) is 10.0. The number of para-hydroxylation sites is 1. The topological polar surface area (TPSA) is 61.4 Å². The van der Waals surface area contributed by atoms with Gasteiger partial charge in [0.05, 0.1) is 15.7 Å². The molecule has 27 heavy (non-hydrogen) atoms. The number of carbonyl (C=O) groups is 2. The van der Waals surface area contributed by atoms with Gasteiger partial charge in [0.2, 0.25) is 5.91 Å². The van der Waals surface area contributed by atoms with Crippen LogP contribution >= 0.6 is 46.4 Å². The molecule has 0 bridgehead atoms. The zero-order valence-electron chi connectivity index (χ0n) is 14.4. The van der Waals surface area contributed by atoms with Crippen LogP contribution in [0.1, 0.15) is 12.5 Å². The number of rotatable bonds is 6. The van der Waals surface area contributed by atoms with E-state index in [1.165, 1.54) is 4.90 Å². The van der Waals surface area contributed by atoms with E-state index in [0.717, 1.165) is 5.56 Å². The highest BCUT2D eigenvalue weighted by Crippen LogP contribution is 2.29. The molecule has 0 aliphatic rings. The van der Waals surface area contributed by atoms with Crippen molar-refractivity contribution in [1.82, 2.24) is 10.2 Å². The number of likely N-dealkylation sites (N-methyl/N-ethyl adjacent to an activating group) is 1. The van der Waals surface area contributed by atoms with E-state index in [0.29, 0.717) is 32.3 Å². The first-order chi connectivity index (χ1) is 12.8. The molecule has 0 saturated heterocycles. The maximum atomic E-state index is 12.4. The molecule has 0 radical (unpaired) electrons. The molecule has 0 aromatic heterocycles. The average molecular weight is 449 g/mol. The van der Waals surface area contributed by atoms with Gasteiger partial charge in [-0.1, -0.05) is 58.5 Å². The molecule has 0 fully saturated rings. The lowest BCUT2D eigenvalue weighted by atomic mass is 10.2. The molecule has 0 aliphatic carbocycles. The first kappa shape index (κ1) is 21.6. The lowest BCUT2D eigenvalue weighted by Crippen LogP contribution is -2.43. The van der Waals surface area contributed by atoms with E-state index < -0.39 is 11.9 Å². The van der Waals surface area contributed by atoms with Crippen molar-refractivity contribution in [1.29, 1.82) is 0 Å². The summed E-state index contributed by atoms with van der Waals surface area (Å²) in [5.74, 6) is -0.411. The van der Waals surface area contributed by atoms with Crippen molar-refractivity contribution >= 4 is 64.0 Å². The highest BCUT2D eigenvalue weighted by molar-refractivity contribution is 6.39. The predicted octanol–water partition coefficient (Wildman–Crippen LogP) is 5.47. The Balaban J connectivity index is 1.95. The van der Waals surface area contributed by atoms with Gasteiger partial charge in [0, 0.05) is 23.1 Å². The minimum atomic E-state index is -0.411. The molecule has 0 unspecified atom stereocenters. The third kappa shape index (κ3) is 6.18. The summed E-state index contributed by atoms with van der Waals surface area (Å²) >= 11 is 24.0. The van der Waals surface area contributed by atoms with E-state index in [1.54, 1.807) is 43.3 Å². The quantitative estimate of drug-likeness (QED) is 0.615. The van der Waals surface area contributed by atoms with E-state index >= 15 is 0 Å². The van der Waals surface area contributed by atoms with Gasteiger partial charge in [-0.3, -0.25) is 4.79 Å². The van der Waals surface area contributed by atoms with Crippen LogP contribution in [-0.2, 0) is 11.3 Å². The number of amides is 3. The molecule has 0 spiro atoms. The van der Waals surface area contributed by atoms with Crippen LogP contribution in [0.5, 0.6) is 0 Å². The number of nitrogens with zero attached hydrogens (tertiary/aromatic N) is 1. The summed E-state index contributed by atoms with van der Waals surface area (Å²) < 4.78 is 0. The number of benzene rings is 2. The Morgan fingerprint density at radius 1 is 1.00 bits per heavy atom. The second-order valence-electron chi connectivity index (χ2n) is 5.55. The van der Waals surface area contributed by atoms with Crippen LogP contribution < -0.4 is 10.6 Å². The van der Waals surface area contributed by atoms with Crippen molar-refractivity contribution in [2.45, 2.75) is 13.5 Å². The summed E-state index contributed by atoms with van der Waals surface area (Å²) in [5.41, 5.74) is 1.04. The van der Waals surface area contributed by atoms with Gasteiger partial charge in [-0.2, -0.15) is 0 Å². The molecule has 2 aromatic carbocycles. The molecule has 9 heteroatoms. The summed E-state index contributed by atoms with van der Waals surface area (Å²) in [6.45, 7) is 2.16. The number of hydrogen-bond donors (Lipinski definition) is 2. The molecular formula is C18H17Cl4N3O2. The Hall–Kier alpha value is -1.66.